The highest BCUT2D eigenvalue weighted by atomic mass is 16.5. The highest BCUT2D eigenvalue weighted by Crippen LogP contribution is 2.70. The van der Waals surface area contributed by atoms with Gasteiger partial charge in [0.1, 0.15) is 0 Å². The molecule has 4 rings (SSSR count). The fourth-order valence-electron chi connectivity index (χ4n) is 7.81. The maximum absolute atomic E-state index is 12.7. The summed E-state index contributed by atoms with van der Waals surface area (Å²) in [6.07, 6.45) is 7.78. The lowest BCUT2D eigenvalue weighted by Crippen LogP contribution is -2.61. The zero-order valence-electron chi connectivity index (χ0n) is 16.1. The van der Waals surface area contributed by atoms with E-state index in [0.717, 1.165) is 25.7 Å². The van der Waals surface area contributed by atoms with Gasteiger partial charge in [0.25, 0.3) is 0 Å². The van der Waals surface area contributed by atoms with Crippen molar-refractivity contribution in [2.24, 2.45) is 39.9 Å². The Morgan fingerprint density at radius 1 is 1.08 bits per heavy atom. The Balaban J connectivity index is 1.75. The predicted molar refractivity (Wildman–Crippen MR) is 93.6 cm³/mol. The average molecular weight is 348 g/mol. The van der Waals surface area contributed by atoms with E-state index in [1.807, 2.05) is 0 Å². The summed E-state index contributed by atoms with van der Waals surface area (Å²) in [5, 5.41) is 0. The molecule has 0 N–H and O–H groups in total. The van der Waals surface area contributed by atoms with Crippen molar-refractivity contribution in [3.63, 3.8) is 0 Å². The van der Waals surface area contributed by atoms with Crippen LogP contribution in [-0.4, -0.2) is 25.7 Å². The number of hydrogen-bond donors (Lipinski definition) is 0. The number of cyclic esters (lactones) is 1. The van der Waals surface area contributed by atoms with Gasteiger partial charge in [0.05, 0.1) is 25.6 Å². The van der Waals surface area contributed by atoms with Gasteiger partial charge in [-0.05, 0) is 61.2 Å². The molecule has 4 heteroatoms. The molecule has 1 heterocycles. The van der Waals surface area contributed by atoms with E-state index in [0.29, 0.717) is 23.9 Å². The Morgan fingerprint density at radius 3 is 2.56 bits per heavy atom. The van der Waals surface area contributed by atoms with Crippen LogP contribution < -0.4 is 0 Å². The smallest absolute Gasteiger partial charge is 0.310 e. The van der Waals surface area contributed by atoms with Crippen LogP contribution in [0.2, 0.25) is 0 Å². The van der Waals surface area contributed by atoms with Crippen molar-refractivity contribution in [1.29, 1.82) is 0 Å². The van der Waals surface area contributed by atoms with E-state index >= 15 is 0 Å². The van der Waals surface area contributed by atoms with Crippen LogP contribution in [0.1, 0.15) is 65.7 Å². The van der Waals surface area contributed by atoms with Crippen molar-refractivity contribution in [3.05, 3.63) is 0 Å². The summed E-state index contributed by atoms with van der Waals surface area (Å²) in [6, 6.07) is 0. The van der Waals surface area contributed by atoms with Crippen LogP contribution in [-0.2, 0) is 19.1 Å². The normalized spacial score (nSPS) is 47.9. The highest BCUT2D eigenvalue weighted by Gasteiger charge is 2.69. The molecule has 0 bridgehead atoms. The molecule has 0 amide bonds. The van der Waals surface area contributed by atoms with Crippen LogP contribution in [0.3, 0.4) is 0 Å². The maximum atomic E-state index is 12.7. The third kappa shape index (κ3) is 2.18. The minimum Gasteiger partial charge on any atom is -0.469 e. The van der Waals surface area contributed by atoms with Gasteiger partial charge in [-0.1, -0.05) is 27.2 Å². The first kappa shape index (κ1) is 17.4. The molecule has 0 aromatic heterocycles. The molecule has 4 aliphatic rings. The van der Waals surface area contributed by atoms with Crippen molar-refractivity contribution in [1.82, 2.24) is 0 Å². The summed E-state index contributed by atoms with van der Waals surface area (Å²) >= 11 is 0. The zero-order chi connectivity index (χ0) is 18.0. The molecule has 4 nitrogen and oxygen atoms in total. The fourth-order valence-corrected chi connectivity index (χ4v) is 7.81. The number of hydrogen-bond acceptors (Lipinski definition) is 4. The molecule has 1 spiro atoms. The van der Waals surface area contributed by atoms with Crippen LogP contribution in [0.25, 0.3) is 0 Å². The van der Waals surface area contributed by atoms with E-state index < -0.39 is 0 Å². The topological polar surface area (TPSA) is 52.6 Å². The van der Waals surface area contributed by atoms with E-state index in [4.69, 9.17) is 9.47 Å². The number of fused-ring (bicyclic) bond motifs is 2. The number of esters is 2. The Kier molecular flexibility index (Phi) is 3.80. The standard InChI is InChI=1S/C21H32O4/c1-19(2)9-5-10-20(3)14(19)8-11-21-12-25-18(23)16(21)13(17(22)24-4)6-7-15(20)21/h13-16H,5-12H2,1-4H3/t13-,14+,15-,16+,20+,21+/m0/s1. The van der Waals surface area contributed by atoms with Crippen LogP contribution in [0.5, 0.6) is 0 Å². The van der Waals surface area contributed by atoms with E-state index in [1.165, 1.54) is 26.4 Å². The predicted octanol–water partition coefficient (Wildman–Crippen LogP) is 3.97. The molecule has 3 saturated carbocycles. The van der Waals surface area contributed by atoms with E-state index in [9.17, 15) is 9.59 Å². The van der Waals surface area contributed by atoms with Crippen molar-refractivity contribution >= 4 is 11.9 Å². The Bertz CT molecular complexity index is 597. The summed E-state index contributed by atoms with van der Waals surface area (Å²) in [6.45, 7) is 7.85. The Labute approximate surface area is 151 Å². The van der Waals surface area contributed by atoms with Gasteiger partial charge in [-0.2, -0.15) is 0 Å². The van der Waals surface area contributed by atoms with Gasteiger partial charge >= 0.3 is 11.9 Å². The number of methoxy groups -OCH3 is 1. The molecule has 140 valence electrons. The Morgan fingerprint density at radius 2 is 1.84 bits per heavy atom. The first-order chi connectivity index (χ1) is 11.8. The van der Waals surface area contributed by atoms with Crippen LogP contribution in [0.4, 0.5) is 0 Å². The second-order valence-electron chi connectivity index (χ2n) is 10.0. The third-order valence-corrected chi connectivity index (χ3v) is 8.69. The summed E-state index contributed by atoms with van der Waals surface area (Å²) in [5.41, 5.74) is 0.479. The van der Waals surface area contributed by atoms with Gasteiger partial charge < -0.3 is 9.47 Å². The minimum absolute atomic E-state index is 0.146. The van der Waals surface area contributed by atoms with Gasteiger partial charge in [-0.15, -0.1) is 0 Å². The van der Waals surface area contributed by atoms with Crippen molar-refractivity contribution in [3.8, 4) is 0 Å². The van der Waals surface area contributed by atoms with E-state index in [2.05, 4.69) is 20.8 Å². The molecule has 3 aliphatic carbocycles. The minimum atomic E-state index is -0.312. The van der Waals surface area contributed by atoms with Crippen LogP contribution >= 0.6 is 0 Å². The highest BCUT2D eigenvalue weighted by molar-refractivity contribution is 5.84. The molecule has 0 aromatic rings. The molecule has 0 radical (unpaired) electrons. The molecule has 25 heavy (non-hydrogen) atoms. The molecule has 0 unspecified atom stereocenters. The van der Waals surface area contributed by atoms with Gasteiger partial charge in [-0.3, -0.25) is 9.59 Å². The summed E-state index contributed by atoms with van der Waals surface area (Å²) in [7, 11) is 1.43. The largest absolute Gasteiger partial charge is 0.469 e. The van der Waals surface area contributed by atoms with Gasteiger partial charge in [0.2, 0.25) is 0 Å². The number of carbonyl (C=O) groups is 2. The lowest BCUT2D eigenvalue weighted by atomic mass is 9.39. The summed E-state index contributed by atoms with van der Waals surface area (Å²) in [5.74, 6) is 0.204. The first-order valence-corrected chi connectivity index (χ1v) is 10.0. The SMILES string of the molecule is COC(=O)[C@H]1CC[C@H]2[C@]3(C)CCCC(C)(C)[C@H]3CC[C@@]23COC(=O)[C@@H]13. The Hall–Kier alpha value is -1.06. The van der Waals surface area contributed by atoms with Crippen molar-refractivity contribution in [2.45, 2.75) is 65.7 Å². The average Bonchev–Trinajstić information content (AvgIpc) is 2.89. The molecule has 0 aromatic carbocycles. The molecular weight excluding hydrogens is 316 g/mol. The number of rotatable bonds is 1. The molecule has 4 fully saturated rings. The van der Waals surface area contributed by atoms with Crippen molar-refractivity contribution < 1.29 is 19.1 Å². The molecular formula is C21H32O4. The quantitative estimate of drug-likeness (QED) is 0.673. The third-order valence-electron chi connectivity index (χ3n) is 8.69. The van der Waals surface area contributed by atoms with Crippen molar-refractivity contribution in [2.75, 3.05) is 13.7 Å². The van der Waals surface area contributed by atoms with Crippen LogP contribution in [0, 0.1) is 39.9 Å². The fraction of sp³-hybridized carbons (Fsp3) is 0.905. The number of ether oxygens (including phenoxy) is 2. The number of carbonyl (C=O) groups excluding carboxylic acids is 2. The van der Waals surface area contributed by atoms with E-state index in [1.54, 1.807) is 0 Å². The summed E-state index contributed by atoms with van der Waals surface area (Å²) in [4.78, 5) is 25.0. The lowest BCUT2D eigenvalue weighted by Gasteiger charge is -2.64. The molecule has 1 saturated heterocycles. The lowest BCUT2D eigenvalue weighted by molar-refractivity contribution is -0.182. The van der Waals surface area contributed by atoms with Crippen LogP contribution in [0.15, 0.2) is 0 Å². The molecule has 6 atom stereocenters. The van der Waals surface area contributed by atoms with Gasteiger partial charge in [-0.25, -0.2) is 0 Å². The van der Waals surface area contributed by atoms with E-state index in [-0.39, 0.29) is 34.6 Å². The first-order valence-electron chi connectivity index (χ1n) is 10.0. The summed E-state index contributed by atoms with van der Waals surface area (Å²) < 4.78 is 10.7. The van der Waals surface area contributed by atoms with Gasteiger partial charge in [0.15, 0.2) is 0 Å². The second-order valence-corrected chi connectivity index (χ2v) is 10.0. The maximum Gasteiger partial charge on any atom is 0.310 e. The second kappa shape index (κ2) is 5.47. The monoisotopic (exact) mass is 348 g/mol. The molecule has 1 aliphatic heterocycles. The zero-order valence-corrected chi connectivity index (χ0v) is 16.1. The van der Waals surface area contributed by atoms with Gasteiger partial charge in [0, 0.05) is 5.41 Å².